The molecule has 0 aromatic heterocycles. The van der Waals surface area contributed by atoms with Gasteiger partial charge in [0.25, 0.3) is 5.91 Å². The number of piperidine rings is 1. The van der Waals surface area contributed by atoms with Crippen molar-refractivity contribution in [2.45, 2.75) is 137 Å². The van der Waals surface area contributed by atoms with Gasteiger partial charge in [-0.3, -0.25) is 48.1 Å². The minimum Gasteiger partial charge on any atom is -0.481 e. The van der Waals surface area contributed by atoms with Crippen LogP contribution in [0.3, 0.4) is 0 Å². The van der Waals surface area contributed by atoms with Crippen LogP contribution < -0.4 is 43.1 Å². The lowest BCUT2D eigenvalue weighted by Crippen LogP contribution is -2.59. The highest BCUT2D eigenvalue weighted by atomic mass is 16.6. The molecule has 0 saturated carbocycles. The van der Waals surface area contributed by atoms with E-state index in [-0.39, 0.29) is 75.2 Å². The first-order valence-electron chi connectivity index (χ1n) is 25.2. The number of carboxylic acid groups (broad SMARTS) is 1. The molecule has 1 aliphatic heterocycles. The van der Waals surface area contributed by atoms with Gasteiger partial charge < -0.3 is 47.6 Å². The number of rotatable bonds is 27. The molecule has 21 nitrogen and oxygen atoms in total. The van der Waals surface area contributed by atoms with Crippen molar-refractivity contribution in [3.8, 4) is 0 Å². The van der Waals surface area contributed by atoms with E-state index < -0.39 is 89.0 Å². The number of amides is 9. The predicted octanol–water partition coefficient (Wildman–Crippen LogP) is 3.14. The summed E-state index contributed by atoms with van der Waals surface area (Å²) in [5, 5.41) is 25.9. The third kappa shape index (κ3) is 20.9. The Balaban J connectivity index is 1.58. The molecule has 5 unspecified atom stereocenters. The van der Waals surface area contributed by atoms with E-state index >= 15 is 0 Å². The van der Waals surface area contributed by atoms with E-state index in [2.05, 4.69) is 37.4 Å². The van der Waals surface area contributed by atoms with E-state index in [0.717, 1.165) is 5.56 Å². The van der Waals surface area contributed by atoms with Crippen LogP contribution in [0.5, 0.6) is 0 Å². The molecule has 3 rings (SSSR count). The molecule has 0 spiro atoms. The Morgan fingerprint density at radius 1 is 0.797 bits per heavy atom. The highest BCUT2D eigenvalue weighted by Gasteiger charge is 2.37. The van der Waals surface area contributed by atoms with Crippen molar-refractivity contribution in [3.63, 3.8) is 0 Å². The molecule has 1 heterocycles. The first-order valence-corrected chi connectivity index (χ1v) is 25.2. The number of carbonyl (C=O) groups excluding carboxylic acids is 8. The summed E-state index contributed by atoms with van der Waals surface area (Å²) < 4.78 is 0. The van der Waals surface area contributed by atoms with Crippen molar-refractivity contribution in [3.05, 3.63) is 77.4 Å². The molecule has 1 fully saturated rings. The summed E-state index contributed by atoms with van der Waals surface area (Å²) in [4.78, 5) is 125. The maximum absolute atomic E-state index is 13.9. The monoisotopic (exact) mass is 1030 g/mol. The molecule has 2 aromatic carbocycles. The lowest BCUT2D eigenvalue weighted by molar-refractivity contribution is -0.145. The zero-order valence-electron chi connectivity index (χ0n) is 44.7. The second-order valence-corrected chi connectivity index (χ2v) is 20.8. The SMILES string of the molecule is CC(=CC(NC(=O)C(NC(=O)C(Cc1ccccc1)N(C)C)C(C)(C)C)C(C)C)C(=O)NOCc1ccc(NC(=O)C(CCCNC(N)=O)NC(=O)C(NC(=O)CCC(=O)N2CCC(C(=O)O)CC2)C(C)C)cc1. The van der Waals surface area contributed by atoms with Crippen LogP contribution in [0.4, 0.5) is 10.5 Å². The fourth-order valence-electron chi connectivity index (χ4n) is 8.02. The van der Waals surface area contributed by atoms with Gasteiger partial charge in [-0.25, -0.2) is 10.3 Å². The number of carboxylic acids is 1. The summed E-state index contributed by atoms with van der Waals surface area (Å²) >= 11 is 0. The Morgan fingerprint density at radius 2 is 1.43 bits per heavy atom. The lowest BCUT2D eigenvalue weighted by atomic mass is 9.85. The molecule has 0 aliphatic carbocycles. The number of aliphatic carboxylic acids is 1. The number of nitrogens with two attached hydrogens (primary N) is 1. The zero-order chi connectivity index (χ0) is 55.3. The van der Waals surface area contributed by atoms with E-state index in [0.29, 0.717) is 30.5 Å². The smallest absolute Gasteiger partial charge is 0.312 e. The second kappa shape index (κ2) is 29.7. The van der Waals surface area contributed by atoms with Crippen LogP contribution in [0.25, 0.3) is 0 Å². The molecular formula is C53H80N10O11. The number of benzene rings is 2. The quantitative estimate of drug-likeness (QED) is 0.0354. The standard InChI is InChI=1S/C53H80N10O11/c1-32(2)40(58-50(70)45(53(6,7)8)60-48(68)41(62(9)10)30-35-15-12-11-13-16-35)29-34(5)46(66)61-74-31-36-18-20-38(21-19-36)56-47(67)39(17-14-26-55-52(54)73)57-49(69)44(33(3)4)59-42(64)22-23-43(65)63-27-24-37(25-28-63)51(71)72/h11-13,15-16,18-21,29,32-33,37,39-41,44-45H,14,17,22-28,30-31H2,1-10H3,(H,56,67)(H,57,69)(H,58,70)(H,59,64)(H,60,68)(H,61,66)(H,71,72)(H3,54,55,73). The number of hydroxylamine groups is 1. The summed E-state index contributed by atoms with van der Waals surface area (Å²) in [5.74, 6) is -5.18. The highest BCUT2D eigenvalue weighted by Crippen LogP contribution is 2.22. The van der Waals surface area contributed by atoms with Gasteiger partial charge in [0.2, 0.25) is 35.4 Å². The van der Waals surface area contributed by atoms with Crippen LogP contribution in [0.2, 0.25) is 0 Å². The number of hydrogen-bond donors (Lipinski definition) is 9. The Bertz CT molecular complexity index is 2260. The molecule has 0 radical (unpaired) electrons. The maximum Gasteiger partial charge on any atom is 0.312 e. The van der Waals surface area contributed by atoms with Crippen molar-refractivity contribution in [1.29, 1.82) is 0 Å². The fourth-order valence-corrected chi connectivity index (χ4v) is 8.02. The van der Waals surface area contributed by atoms with Gasteiger partial charge in [-0.05, 0) is 93.6 Å². The Kier molecular flexibility index (Phi) is 24.7. The number of likely N-dealkylation sites (tertiary alicyclic amines) is 1. The van der Waals surface area contributed by atoms with Gasteiger partial charge in [0.15, 0.2) is 0 Å². The van der Waals surface area contributed by atoms with Crippen LogP contribution in [0.1, 0.15) is 105 Å². The average Bonchev–Trinajstić information content (AvgIpc) is 3.33. The molecule has 10 N–H and O–H groups in total. The van der Waals surface area contributed by atoms with Crippen molar-refractivity contribution in [1.82, 2.24) is 41.9 Å². The first-order chi connectivity index (χ1) is 34.8. The second-order valence-electron chi connectivity index (χ2n) is 20.8. The molecule has 21 heteroatoms. The molecule has 1 aliphatic rings. The first kappa shape index (κ1) is 61.4. The third-order valence-electron chi connectivity index (χ3n) is 12.7. The summed E-state index contributed by atoms with van der Waals surface area (Å²) in [7, 11) is 3.64. The van der Waals surface area contributed by atoms with Gasteiger partial charge in [0.05, 0.1) is 24.6 Å². The van der Waals surface area contributed by atoms with Gasteiger partial charge in [0.1, 0.15) is 18.1 Å². The minimum absolute atomic E-state index is 0.0454. The van der Waals surface area contributed by atoms with E-state index in [1.165, 1.54) is 4.90 Å². The molecule has 1 saturated heterocycles. The van der Waals surface area contributed by atoms with Crippen LogP contribution in [-0.4, -0.2) is 132 Å². The number of nitrogens with one attached hydrogen (secondary N) is 7. The summed E-state index contributed by atoms with van der Waals surface area (Å²) in [6, 6.07) is 11.3. The zero-order valence-corrected chi connectivity index (χ0v) is 44.7. The van der Waals surface area contributed by atoms with Gasteiger partial charge >= 0.3 is 12.0 Å². The molecule has 0 bridgehead atoms. The lowest BCUT2D eigenvalue weighted by Gasteiger charge is -2.34. The van der Waals surface area contributed by atoms with Crippen molar-refractivity contribution < 1.29 is 53.1 Å². The fraction of sp³-hybridized carbons (Fsp3) is 0.566. The van der Waals surface area contributed by atoms with E-state index in [1.807, 2.05) is 83.9 Å². The van der Waals surface area contributed by atoms with Gasteiger partial charge in [-0.15, -0.1) is 0 Å². The minimum atomic E-state index is -1.10. The van der Waals surface area contributed by atoms with Gasteiger partial charge in [-0.2, -0.15) is 0 Å². The highest BCUT2D eigenvalue weighted by molar-refractivity contribution is 5.99. The van der Waals surface area contributed by atoms with Crippen LogP contribution in [-0.2, 0) is 56.2 Å². The molecular weight excluding hydrogens is 953 g/mol. The number of likely N-dealkylation sites (N-methyl/N-ethyl adjacent to an activating group) is 1. The number of nitrogens with zero attached hydrogens (tertiary/aromatic N) is 2. The Hall–Kier alpha value is -6.87. The summed E-state index contributed by atoms with van der Waals surface area (Å²) in [6.07, 6.45) is 2.81. The summed E-state index contributed by atoms with van der Waals surface area (Å²) in [6.45, 7) is 15.1. The number of primary amides is 1. The van der Waals surface area contributed by atoms with Gasteiger partial charge in [0, 0.05) is 43.7 Å². The number of carbonyl (C=O) groups is 9. The molecule has 2 aromatic rings. The van der Waals surface area contributed by atoms with Crippen LogP contribution in [0, 0.1) is 23.2 Å². The predicted molar refractivity (Wildman–Crippen MR) is 279 cm³/mol. The number of hydrogen-bond acceptors (Lipinski definition) is 11. The molecule has 74 heavy (non-hydrogen) atoms. The average molecular weight is 1030 g/mol. The normalized spacial score (nSPS) is 15.3. The molecule has 408 valence electrons. The third-order valence-corrected chi connectivity index (χ3v) is 12.7. The maximum atomic E-state index is 13.9. The number of urea groups is 1. The Morgan fingerprint density at radius 3 is 1.99 bits per heavy atom. The van der Waals surface area contributed by atoms with Crippen molar-refractivity contribution in [2.75, 3.05) is 39.0 Å². The summed E-state index contributed by atoms with van der Waals surface area (Å²) in [5.41, 5.74) is 9.26. The van der Waals surface area contributed by atoms with E-state index in [9.17, 15) is 48.3 Å². The van der Waals surface area contributed by atoms with Crippen LogP contribution in [0.15, 0.2) is 66.2 Å². The van der Waals surface area contributed by atoms with E-state index in [4.69, 9.17) is 10.6 Å². The Labute approximate surface area is 435 Å². The van der Waals surface area contributed by atoms with Crippen LogP contribution >= 0.6 is 0 Å². The number of anilines is 1. The van der Waals surface area contributed by atoms with Crippen molar-refractivity contribution in [2.24, 2.45) is 28.9 Å². The van der Waals surface area contributed by atoms with Gasteiger partial charge in [-0.1, -0.05) is 97.0 Å². The topological polar surface area (TPSA) is 300 Å². The largest absolute Gasteiger partial charge is 0.481 e. The van der Waals surface area contributed by atoms with Crippen molar-refractivity contribution >= 4 is 59.0 Å². The van der Waals surface area contributed by atoms with E-state index in [1.54, 1.807) is 51.1 Å². The molecule has 9 amide bonds. The molecule has 5 atom stereocenters.